The molecule has 3 heteroatoms. The quantitative estimate of drug-likeness (QED) is 0.611. The molecule has 62 valence electrons. The summed E-state index contributed by atoms with van der Waals surface area (Å²) in [5, 5.41) is 0. The minimum atomic E-state index is 0.00685. The molecule has 0 bridgehead atoms. The fraction of sp³-hybridized carbons (Fsp3) is 1.00. The van der Waals surface area contributed by atoms with E-state index in [1.165, 1.54) is 0 Å². The lowest BCUT2D eigenvalue weighted by molar-refractivity contribution is 0.0488. The predicted octanol–water partition coefficient (Wildman–Crippen LogP) is 0.385. The first-order valence-electron chi connectivity index (χ1n) is 3.53. The van der Waals surface area contributed by atoms with E-state index in [4.69, 9.17) is 15.2 Å². The van der Waals surface area contributed by atoms with Gasteiger partial charge in [-0.25, -0.2) is 0 Å². The first kappa shape index (κ1) is 9.88. The lowest BCUT2D eigenvalue weighted by Crippen LogP contribution is -2.32. The van der Waals surface area contributed by atoms with Crippen LogP contribution in [-0.2, 0) is 9.47 Å². The van der Waals surface area contributed by atoms with Crippen LogP contribution in [0.25, 0.3) is 0 Å². The monoisotopic (exact) mass is 147 g/mol. The maximum Gasteiger partial charge on any atom is 0.0643 e. The minimum absolute atomic E-state index is 0.00685. The molecular weight excluding hydrogens is 130 g/mol. The molecule has 0 radical (unpaired) electrons. The Balaban J connectivity index is 3.12. The van der Waals surface area contributed by atoms with Gasteiger partial charge in [0.2, 0.25) is 0 Å². The first-order chi connectivity index (χ1) is 4.66. The largest absolute Gasteiger partial charge is 0.383 e. The van der Waals surface area contributed by atoms with Crippen LogP contribution in [0.15, 0.2) is 0 Å². The highest BCUT2D eigenvalue weighted by molar-refractivity contribution is 4.57. The van der Waals surface area contributed by atoms with Crippen molar-refractivity contribution in [1.82, 2.24) is 0 Å². The summed E-state index contributed by atoms with van der Waals surface area (Å²) >= 11 is 0. The third kappa shape index (κ3) is 6.01. The van der Waals surface area contributed by atoms with Crippen LogP contribution in [0.2, 0.25) is 0 Å². The van der Waals surface area contributed by atoms with Gasteiger partial charge in [-0.15, -0.1) is 0 Å². The van der Waals surface area contributed by atoms with E-state index in [1.54, 1.807) is 7.11 Å². The molecule has 0 saturated heterocycles. The van der Waals surface area contributed by atoms with Crippen LogP contribution in [0.1, 0.15) is 13.8 Å². The van der Waals surface area contributed by atoms with E-state index in [2.05, 4.69) is 0 Å². The summed E-state index contributed by atoms with van der Waals surface area (Å²) in [6.45, 7) is 5.11. The van der Waals surface area contributed by atoms with Crippen molar-refractivity contribution in [3.8, 4) is 0 Å². The second kappa shape index (κ2) is 5.65. The van der Waals surface area contributed by atoms with Gasteiger partial charge in [0.25, 0.3) is 0 Å². The molecule has 0 aromatic heterocycles. The Hall–Kier alpha value is -0.120. The van der Waals surface area contributed by atoms with Gasteiger partial charge in [0.05, 0.1) is 25.4 Å². The number of methoxy groups -OCH3 is 1. The molecular formula is C7H17NO2. The molecule has 10 heavy (non-hydrogen) atoms. The Labute approximate surface area is 62.5 Å². The summed E-state index contributed by atoms with van der Waals surface area (Å²) in [5.41, 5.74) is 5.58. The molecule has 0 aromatic carbocycles. The molecule has 0 spiro atoms. The Morgan fingerprint density at radius 1 is 1.30 bits per heavy atom. The van der Waals surface area contributed by atoms with Gasteiger partial charge < -0.3 is 15.2 Å². The van der Waals surface area contributed by atoms with E-state index in [0.29, 0.717) is 13.2 Å². The van der Waals surface area contributed by atoms with Crippen LogP contribution in [0, 0.1) is 0 Å². The van der Waals surface area contributed by atoms with Crippen molar-refractivity contribution >= 4 is 0 Å². The maximum absolute atomic E-state index is 5.58. The molecule has 0 heterocycles. The molecule has 0 saturated carbocycles. The second-order valence-corrected chi connectivity index (χ2v) is 2.60. The standard InChI is InChI=1S/C7H17NO2/c1-6(2)10-5-7(8)4-9-3/h6-7H,4-5,8H2,1-3H3. The fourth-order valence-corrected chi connectivity index (χ4v) is 0.578. The normalized spacial score (nSPS) is 14.1. The molecule has 0 aromatic rings. The molecule has 0 aliphatic rings. The Bertz CT molecular complexity index is 76.0. The van der Waals surface area contributed by atoms with Gasteiger partial charge in [0.1, 0.15) is 0 Å². The third-order valence-corrected chi connectivity index (χ3v) is 1.02. The molecule has 0 aliphatic heterocycles. The van der Waals surface area contributed by atoms with E-state index < -0.39 is 0 Å². The van der Waals surface area contributed by atoms with Crippen molar-refractivity contribution in [2.75, 3.05) is 20.3 Å². The van der Waals surface area contributed by atoms with Gasteiger partial charge in [0.15, 0.2) is 0 Å². The van der Waals surface area contributed by atoms with Gasteiger partial charge in [-0.3, -0.25) is 0 Å². The number of hydrogen-bond acceptors (Lipinski definition) is 3. The first-order valence-corrected chi connectivity index (χ1v) is 3.53. The van der Waals surface area contributed by atoms with Crippen molar-refractivity contribution in [2.45, 2.75) is 26.0 Å². The topological polar surface area (TPSA) is 44.5 Å². The van der Waals surface area contributed by atoms with Crippen LogP contribution < -0.4 is 5.73 Å². The Kier molecular flexibility index (Phi) is 5.58. The average Bonchev–Trinajstić information content (AvgIpc) is 1.85. The summed E-state index contributed by atoms with van der Waals surface area (Å²) < 4.78 is 10.1. The van der Waals surface area contributed by atoms with Crippen molar-refractivity contribution < 1.29 is 9.47 Å². The van der Waals surface area contributed by atoms with E-state index in [9.17, 15) is 0 Å². The van der Waals surface area contributed by atoms with E-state index in [1.807, 2.05) is 13.8 Å². The van der Waals surface area contributed by atoms with Gasteiger partial charge in [-0.1, -0.05) is 0 Å². The summed E-state index contributed by atoms with van der Waals surface area (Å²) in [7, 11) is 1.63. The second-order valence-electron chi connectivity index (χ2n) is 2.60. The Morgan fingerprint density at radius 2 is 1.90 bits per heavy atom. The molecule has 0 aliphatic carbocycles. The molecule has 0 rings (SSSR count). The molecule has 3 nitrogen and oxygen atoms in total. The molecule has 0 amide bonds. The highest BCUT2D eigenvalue weighted by Gasteiger charge is 2.01. The predicted molar refractivity (Wildman–Crippen MR) is 40.9 cm³/mol. The van der Waals surface area contributed by atoms with Gasteiger partial charge in [0, 0.05) is 7.11 Å². The van der Waals surface area contributed by atoms with Crippen LogP contribution in [0.3, 0.4) is 0 Å². The summed E-state index contributed by atoms with van der Waals surface area (Å²) in [6, 6.07) is 0.00685. The van der Waals surface area contributed by atoms with Crippen LogP contribution in [0.5, 0.6) is 0 Å². The van der Waals surface area contributed by atoms with Crippen molar-refractivity contribution in [3.05, 3.63) is 0 Å². The third-order valence-electron chi connectivity index (χ3n) is 1.02. The van der Waals surface area contributed by atoms with Gasteiger partial charge >= 0.3 is 0 Å². The van der Waals surface area contributed by atoms with Crippen LogP contribution in [-0.4, -0.2) is 32.5 Å². The number of ether oxygens (including phenoxy) is 2. The zero-order valence-corrected chi connectivity index (χ0v) is 6.96. The molecule has 1 unspecified atom stereocenters. The van der Waals surface area contributed by atoms with Gasteiger partial charge in [-0.2, -0.15) is 0 Å². The molecule has 1 atom stereocenters. The lowest BCUT2D eigenvalue weighted by Gasteiger charge is -2.12. The lowest BCUT2D eigenvalue weighted by atomic mass is 10.3. The smallest absolute Gasteiger partial charge is 0.0643 e. The van der Waals surface area contributed by atoms with Crippen LogP contribution in [0.4, 0.5) is 0 Å². The maximum atomic E-state index is 5.58. The molecule has 2 N–H and O–H groups in total. The highest BCUT2D eigenvalue weighted by Crippen LogP contribution is 1.89. The van der Waals surface area contributed by atoms with Gasteiger partial charge in [-0.05, 0) is 13.8 Å². The SMILES string of the molecule is COCC(N)COC(C)C. The van der Waals surface area contributed by atoms with E-state index >= 15 is 0 Å². The summed E-state index contributed by atoms with van der Waals surface area (Å²) in [5.74, 6) is 0. The Morgan fingerprint density at radius 3 is 2.30 bits per heavy atom. The van der Waals surface area contributed by atoms with Crippen molar-refractivity contribution in [3.63, 3.8) is 0 Å². The van der Waals surface area contributed by atoms with E-state index in [0.717, 1.165) is 0 Å². The summed E-state index contributed by atoms with van der Waals surface area (Å²) in [6.07, 6.45) is 0.253. The summed E-state index contributed by atoms with van der Waals surface area (Å²) in [4.78, 5) is 0. The van der Waals surface area contributed by atoms with Crippen molar-refractivity contribution in [2.24, 2.45) is 5.73 Å². The minimum Gasteiger partial charge on any atom is -0.383 e. The average molecular weight is 147 g/mol. The van der Waals surface area contributed by atoms with Crippen molar-refractivity contribution in [1.29, 1.82) is 0 Å². The number of nitrogens with two attached hydrogens (primary N) is 1. The van der Waals surface area contributed by atoms with E-state index in [-0.39, 0.29) is 12.1 Å². The zero-order valence-electron chi connectivity index (χ0n) is 6.96. The van der Waals surface area contributed by atoms with Crippen LogP contribution >= 0.6 is 0 Å². The zero-order chi connectivity index (χ0) is 7.98. The highest BCUT2D eigenvalue weighted by atomic mass is 16.5. The number of hydrogen-bond donors (Lipinski definition) is 1. The number of rotatable bonds is 5. The fourth-order valence-electron chi connectivity index (χ4n) is 0.578. The molecule has 0 fully saturated rings.